The van der Waals surface area contributed by atoms with Crippen LogP contribution in [-0.2, 0) is 4.79 Å². The van der Waals surface area contributed by atoms with E-state index in [0.29, 0.717) is 10.1 Å². The third-order valence-electron chi connectivity index (χ3n) is 5.37. The van der Waals surface area contributed by atoms with E-state index in [2.05, 4.69) is 17.6 Å². The van der Waals surface area contributed by atoms with Gasteiger partial charge in [0.25, 0.3) is 0 Å². The van der Waals surface area contributed by atoms with Crippen molar-refractivity contribution < 1.29 is 4.79 Å². The molecule has 0 fully saturated rings. The Labute approximate surface area is 200 Å². The highest BCUT2D eigenvalue weighted by Crippen LogP contribution is 2.16. The van der Waals surface area contributed by atoms with Crippen LogP contribution in [0.25, 0.3) is 6.08 Å². The predicted molar refractivity (Wildman–Crippen MR) is 140 cm³/mol. The first-order valence-corrected chi connectivity index (χ1v) is 12.9. The molecule has 0 aliphatic heterocycles. The highest BCUT2D eigenvalue weighted by atomic mass is 35.5. The normalized spacial score (nSPS) is 11.0. The van der Waals surface area contributed by atoms with Crippen molar-refractivity contribution in [1.82, 2.24) is 10.6 Å². The molecule has 0 saturated carbocycles. The summed E-state index contributed by atoms with van der Waals surface area (Å²) >= 11 is 11.3. The summed E-state index contributed by atoms with van der Waals surface area (Å²) in [5.74, 6) is -0.252. The monoisotopic (exact) mass is 464 g/mol. The van der Waals surface area contributed by atoms with Gasteiger partial charge in [-0.2, -0.15) is 0 Å². The lowest BCUT2D eigenvalue weighted by Crippen LogP contribution is -2.38. The topological polar surface area (TPSA) is 41.1 Å². The van der Waals surface area contributed by atoms with Gasteiger partial charge in [-0.15, -0.1) is 0 Å². The molecule has 174 valence electrons. The van der Waals surface area contributed by atoms with E-state index in [0.717, 1.165) is 18.5 Å². The summed E-state index contributed by atoms with van der Waals surface area (Å²) in [7, 11) is 0. The van der Waals surface area contributed by atoms with Crippen molar-refractivity contribution in [3.8, 4) is 0 Å². The van der Waals surface area contributed by atoms with Gasteiger partial charge in [-0.1, -0.05) is 120 Å². The number of hydrogen-bond donors (Lipinski definition) is 2. The molecule has 0 saturated heterocycles. The number of hydrogen-bond acceptors (Lipinski definition) is 2. The van der Waals surface area contributed by atoms with Gasteiger partial charge >= 0.3 is 0 Å². The van der Waals surface area contributed by atoms with Gasteiger partial charge in [-0.3, -0.25) is 10.1 Å². The van der Waals surface area contributed by atoms with E-state index in [1.807, 2.05) is 18.2 Å². The molecule has 0 unspecified atom stereocenters. The Hall–Kier alpha value is -1.39. The standard InChI is InChI=1S/C26H41ClN2OS/c1-2-3-4-5-6-7-8-9-10-11-12-13-14-17-22-28-26(31)29-25(30)21-20-23-18-15-16-19-24(23)27/h15-16,18-21H,2-14,17,22H2,1H3,(H2,28,29,30,31). The maximum atomic E-state index is 11.9. The molecule has 2 N–H and O–H groups in total. The van der Waals surface area contributed by atoms with Crippen LogP contribution in [-0.4, -0.2) is 17.6 Å². The molecule has 0 heterocycles. The minimum absolute atomic E-state index is 0.252. The Morgan fingerprint density at radius 2 is 1.39 bits per heavy atom. The van der Waals surface area contributed by atoms with E-state index in [9.17, 15) is 4.79 Å². The average Bonchev–Trinajstić information content (AvgIpc) is 2.76. The molecule has 0 aromatic heterocycles. The van der Waals surface area contributed by atoms with Crippen molar-refractivity contribution >= 4 is 40.9 Å². The minimum Gasteiger partial charge on any atom is -0.362 e. The molecule has 31 heavy (non-hydrogen) atoms. The molecule has 1 amide bonds. The second kappa shape index (κ2) is 19.3. The molecule has 0 spiro atoms. The number of nitrogens with one attached hydrogen (secondary N) is 2. The van der Waals surface area contributed by atoms with Gasteiger partial charge in [0.1, 0.15) is 0 Å². The molecule has 3 nitrogen and oxygen atoms in total. The first-order valence-electron chi connectivity index (χ1n) is 12.1. The van der Waals surface area contributed by atoms with Crippen LogP contribution in [0.1, 0.15) is 102 Å². The van der Waals surface area contributed by atoms with Crippen molar-refractivity contribution in [3.05, 3.63) is 40.9 Å². The fraction of sp³-hybridized carbons (Fsp3) is 0.615. The molecule has 0 aliphatic rings. The number of halogens is 1. The van der Waals surface area contributed by atoms with Crippen molar-refractivity contribution in [3.63, 3.8) is 0 Å². The first kappa shape index (κ1) is 27.6. The molecular weight excluding hydrogens is 424 g/mol. The van der Waals surface area contributed by atoms with Crippen LogP contribution in [0.2, 0.25) is 5.02 Å². The number of thiocarbonyl (C=S) groups is 1. The third-order valence-corrected chi connectivity index (χ3v) is 5.96. The fourth-order valence-corrected chi connectivity index (χ4v) is 3.90. The number of rotatable bonds is 17. The SMILES string of the molecule is CCCCCCCCCCCCCCCCNC(=S)NC(=O)C=Cc1ccccc1Cl. The number of unbranched alkanes of at least 4 members (excludes halogenated alkanes) is 13. The zero-order chi connectivity index (χ0) is 22.6. The van der Waals surface area contributed by atoms with E-state index in [1.54, 1.807) is 12.1 Å². The fourth-order valence-electron chi connectivity index (χ4n) is 3.49. The Kier molecular flexibility index (Phi) is 17.2. The van der Waals surface area contributed by atoms with Gasteiger partial charge < -0.3 is 5.32 Å². The highest BCUT2D eigenvalue weighted by molar-refractivity contribution is 7.80. The first-order chi connectivity index (χ1) is 15.1. The maximum absolute atomic E-state index is 11.9. The number of carbonyl (C=O) groups is 1. The van der Waals surface area contributed by atoms with Crippen molar-refractivity contribution in [2.45, 2.75) is 96.8 Å². The maximum Gasteiger partial charge on any atom is 0.250 e. The van der Waals surface area contributed by atoms with Crippen LogP contribution >= 0.6 is 23.8 Å². The van der Waals surface area contributed by atoms with Crippen LogP contribution < -0.4 is 10.6 Å². The zero-order valence-corrected chi connectivity index (χ0v) is 20.8. The Balaban J connectivity index is 1.91. The van der Waals surface area contributed by atoms with E-state index in [1.165, 1.54) is 89.5 Å². The van der Waals surface area contributed by atoms with Gasteiger partial charge in [0.15, 0.2) is 5.11 Å². The number of benzene rings is 1. The number of carbonyl (C=O) groups excluding carboxylic acids is 1. The van der Waals surface area contributed by atoms with E-state index in [4.69, 9.17) is 23.8 Å². The van der Waals surface area contributed by atoms with Crippen LogP contribution in [0.15, 0.2) is 30.3 Å². The molecule has 1 aromatic rings. The van der Waals surface area contributed by atoms with Crippen LogP contribution in [0.3, 0.4) is 0 Å². The quantitative estimate of drug-likeness (QED) is 0.140. The summed E-state index contributed by atoms with van der Waals surface area (Å²) in [5, 5.41) is 6.77. The molecule has 0 radical (unpaired) electrons. The van der Waals surface area contributed by atoms with Gasteiger partial charge in [-0.25, -0.2) is 0 Å². The van der Waals surface area contributed by atoms with Crippen molar-refractivity contribution in [2.24, 2.45) is 0 Å². The summed E-state index contributed by atoms with van der Waals surface area (Å²) < 4.78 is 0. The average molecular weight is 465 g/mol. The number of amides is 1. The predicted octanol–water partition coefficient (Wildman–Crippen LogP) is 7.83. The lowest BCUT2D eigenvalue weighted by Gasteiger charge is -2.08. The lowest BCUT2D eigenvalue weighted by molar-refractivity contribution is -0.115. The van der Waals surface area contributed by atoms with E-state index in [-0.39, 0.29) is 5.91 Å². The Morgan fingerprint density at radius 3 is 1.94 bits per heavy atom. The summed E-state index contributed by atoms with van der Waals surface area (Å²) in [4.78, 5) is 11.9. The molecule has 1 rings (SSSR count). The van der Waals surface area contributed by atoms with E-state index < -0.39 is 0 Å². The smallest absolute Gasteiger partial charge is 0.250 e. The van der Waals surface area contributed by atoms with Crippen molar-refractivity contribution in [2.75, 3.05) is 6.54 Å². The molecule has 0 aliphatic carbocycles. The Morgan fingerprint density at radius 1 is 0.871 bits per heavy atom. The van der Waals surface area contributed by atoms with Gasteiger partial charge in [0.2, 0.25) is 5.91 Å². The highest BCUT2D eigenvalue weighted by Gasteiger charge is 2.01. The summed E-state index contributed by atoms with van der Waals surface area (Å²) in [5.41, 5.74) is 0.806. The van der Waals surface area contributed by atoms with E-state index >= 15 is 0 Å². The second-order valence-corrected chi connectivity index (χ2v) is 9.01. The van der Waals surface area contributed by atoms with Crippen LogP contribution in [0, 0.1) is 0 Å². The molecule has 0 bridgehead atoms. The van der Waals surface area contributed by atoms with Crippen LogP contribution in [0.4, 0.5) is 0 Å². The summed E-state index contributed by atoms with van der Waals surface area (Å²) in [6.45, 7) is 3.07. The van der Waals surface area contributed by atoms with Crippen LogP contribution in [0.5, 0.6) is 0 Å². The van der Waals surface area contributed by atoms with Gasteiger partial charge in [0.05, 0.1) is 0 Å². The van der Waals surface area contributed by atoms with Gasteiger partial charge in [0, 0.05) is 17.6 Å². The molecular formula is C26H41ClN2OS. The second-order valence-electron chi connectivity index (χ2n) is 8.20. The lowest BCUT2D eigenvalue weighted by atomic mass is 10.0. The summed E-state index contributed by atoms with van der Waals surface area (Å²) in [6, 6.07) is 7.39. The van der Waals surface area contributed by atoms with Gasteiger partial charge in [-0.05, 0) is 36.3 Å². The minimum atomic E-state index is -0.252. The molecule has 5 heteroatoms. The zero-order valence-electron chi connectivity index (χ0n) is 19.3. The largest absolute Gasteiger partial charge is 0.362 e. The summed E-state index contributed by atoms with van der Waals surface area (Å²) in [6.07, 6.45) is 22.0. The molecule has 0 atom stereocenters. The van der Waals surface area contributed by atoms with Crippen molar-refractivity contribution in [1.29, 1.82) is 0 Å². The Bertz CT molecular complexity index is 648. The molecule has 1 aromatic carbocycles. The third kappa shape index (κ3) is 16.0.